The predicted molar refractivity (Wildman–Crippen MR) is 117 cm³/mol. The number of likely N-dealkylation sites (tertiary alicyclic amines) is 1. The van der Waals surface area contributed by atoms with Crippen molar-refractivity contribution in [3.63, 3.8) is 0 Å². The van der Waals surface area contributed by atoms with E-state index < -0.39 is 6.04 Å². The summed E-state index contributed by atoms with van der Waals surface area (Å²) >= 11 is 1.60. The number of amides is 3. The molecule has 10 heteroatoms. The molecule has 31 heavy (non-hydrogen) atoms. The summed E-state index contributed by atoms with van der Waals surface area (Å²) in [5, 5.41) is 5.89. The average molecular weight is 446 g/mol. The third-order valence-electron chi connectivity index (χ3n) is 6.08. The minimum Gasteiger partial charge on any atom is -0.357 e. The second-order valence-corrected chi connectivity index (χ2v) is 9.10. The smallest absolute Gasteiger partial charge is 0.262 e. The van der Waals surface area contributed by atoms with Crippen molar-refractivity contribution in [2.24, 2.45) is 0 Å². The van der Waals surface area contributed by atoms with E-state index >= 15 is 0 Å². The number of likely N-dealkylation sites (N-methyl/N-ethyl adjacent to an activating group) is 1. The zero-order valence-electron chi connectivity index (χ0n) is 17.6. The predicted octanol–water partition coefficient (Wildman–Crippen LogP) is 0.580. The number of nitrogens with one attached hydrogen (secondary N) is 2. The van der Waals surface area contributed by atoms with Gasteiger partial charge in [-0.15, -0.1) is 11.3 Å². The molecule has 1 unspecified atom stereocenters. The molecule has 3 amide bonds. The van der Waals surface area contributed by atoms with Crippen LogP contribution >= 0.6 is 11.3 Å². The minimum absolute atomic E-state index is 0.0750. The van der Waals surface area contributed by atoms with Crippen LogP contribution in [-0.4, -0.2) is 58.4 Å². The lowest BCUT2D eigenvalue weighted by Crippen LogP contribution is -2.48. The number of hydrogen-bond donors (Lipinski definition) is 2. The van der Waals surface area contributed by atoms with Gasteiger partial charge in [-0.2, -0.15) is 0 Å². The fourth-order valence-electron chi connectivity index (χ4n) is 4.43. The number of fused-ring (bicyclic) bond motifs is 3. The maximum Gasteiger partial charge on any atom is 0.262 e. The zero-order chi connectivity index (χ0) is 22.0. The molecule has 4 rings (SSSR count). The summed E-state index contributed by atoms with van der Waals surface area (Å²) in [6.07, 6.45) is 7.12. The van der Waals surface area contributed by atoms with Gasteiger partial charge >= 0.3 is 0 Å². The molecule has 1 atom stereocenters. The quantitative estimate of drug-likeness (QED) is 0.675. The highest BCUT2D eigenvalue weighted by atomic mass is 32.1. The van der Waals surface area contributed by atoms with E-state index in [1.807, 2.05) is 0 Å². The van der Waals surface area contributed by atoms with Crippen LogP contribution in [0.5, 0.6) is 0 Å². The largest absolute Gasteiger partial charge is 0.357 e. The number of nitrogens with zero attached hydrogens (tertiary/aromatic N) is 3. The summed E-state index contributed by atoms with van der Waals surface area (Å²) in [6, 6.07) is -0.470. The van der Waals surface area contributed by atoms with Crippen LogP contribution in [-0.2, 0) is 33.8 Å². The summed E-state index contributed by atoms with van der Waals surface area (Å²) in [5.41, 5.74) is 1.03. The Morgan fingerprint density at radius 2 is 2.03 bits per heavy atom. The van der Waals surface area contributed by atoms with E-state index in [4.69, 9.17) is 0 Å². The first-order valence-electron chi connectivity index (χ1n) is 10.8. The van der Waals surface area contributed by atoms with Crippen molar-refractivity contribution < 1.29 is 14.4 Å². The van der Waals surface area contributed by atoms with Gasteiger partial charge in [0.25, 0.3) is 5.56 Å². The van der Waals surface area contributed by atoms with Crippen LogP contribution in [0.25, 0.3) is 10.2 Å². The van der Waals surface area contributed by atoms with Crippen LogP contribution in [0.4, 0.5) is 0 Å². The topological polar surface area (TPSA) is 113 Å². The number of carbonyl (C=O) groups is 3. The molecule has 1 fully saturated rings. The van der Waals surface area contributed by atoms with Gasteiger partial charge in [0.1, 0.15) is 10.9 Å². The number of aryl methyl sites for hydroxylation is 3. The van der Waals surface area contributed by atoms with Crippen LogP contribution in [0.2, 0.25) is 0 Å². The highest BCUT2D eigenvalue weighted by Gasteiger charge is 2.33. The van der Waals surface area contributed by atoms with E-state index in [1.165, 1.54) is 20.7 Å². The van der Waals surface area contributed by atoms with Gasteiger partial charge in [0.15, 0.2) is 0 Å². The molecular weight excluding hydrogens is 418 g/mol. The van der Waals surface area contributed by atoms with Crippen LogP contribution < -0.4 is 16.2 Å². The Labute approximate surface area is 183 Å². The second kappa shape index (κ2) is 9.17. The first-order chi connectivity index (χ1) is 15.0. The molecule has 9 nitrogen and oxygen atoms in total. The van der Waals surface area contributed by atoms with Gasteiger partial charge < -0.3 is 15.5 Å². The molecule has 0 bridgehead atoms. The highest BCUT2D eigenvalue weighted by molar-refractivity contribution is 7.18. The minimum atomic E-state index is -0.470. The number of rotatable bonds is 6. The fraction of sp³-hybridized carbons (Fsp3) is 0.571. The molecule has 0 aromatic carbocycles. The average Bonchev–Trinajstić information content (AvgIpc) is 3.41. The maximum absolute atomic E-state index is 12.9. The number of thiophene rings is 1. The molecule has 2 aromatic rings. The van der Waals surface area contributed by atoms with Crippen molar-refractivity contribution in [2.45, 2.75) is 57.5 Å². The Kier molecular flexibility index (Phi) is 6.35. The second-order valence-electron chi connectivity index (χ2n) is 8.02. The standard InChI is InChI=1S/C21H27N5O4S/c1-22-19(29)14-6-4-9-26(14)17(28)11-23-16(27)8-10-25-12-24-20-18(21(25)30)13-5-2-3-7-15(13)31-20/h12,14H,2-11H2,1H3,(H,22,29)(H,23,27). The number of aromatic nitrogens is 2. The lowest BCUT2D eigenvalue weighted by molar-refractivity contribution is -0.138. The number of hydrogen-bond acceptors (Lipinski definition) is 6. The van der Waals surface area contributed by atoms with Gasteiger partial charge in [-0.3, -0.25) is 23.7 Å². The van der Waals surface area contributed by atoms with Crippen LogP contribution in [0.1, 0.15) is 42.5 Å². The van der Waals surface area contributed by atoms with Gasteiger partial charge in [0.2, 0.25) is 17.7 Å². The van der Waals surface area contributed by atoms with Gasteiger partial charge in [0, 0.05) is 31.4 Å². The maximum atomic E-state index is 12.9. The van der Waals surface area contributed by atoms with E-state index in [2.05, 4.69) is 15.6 Å². The van der Waals surface area contributed by atoms with Crippen LogP contribution in [0, 0.1) is 0 Å². The summed E-state index contributed by atoms with van der Waals surface area (Å²) in [7, 11) is 1.55. The lowest BCUT2D eigenvalue weighted by atomic mass is 9.97. The van der Waals surface area contributed by atoms with E-state index in [9.17, 15) is 19.2 Å². The van der Waals surface area contributed by atoms with E-state index in [0.29, 0.717) is 18.4 Å². The summed E-state index contributed by atoms with van der Waals surface area (Å²) < 4.78 is 1.48. The molecule has 2 N–H and O–H groups in total. The summed E-state index contributed by atoms with van der Waals surface area (Å²) in [6.45, 7) is 0.562. The molecule has 0 radical (unpaired) electrons. The molecule has 2 aromatic heterocycles. The van der Waals surface area contributed by atoms with Crippen molar-refractivity contribution in [1.82, 2.24) is 25.1 Å². The Morgan fingerprint density at radius 3 is 2.84 bits per heavy atom. The molecule has 0 saturated carbocycles. The monoisotopic (exact) mass is 445 g/mol. The lowest BCUT2D eigenvalue weighted by Gasteiger charge is -2.23. The van der Waals surface area contributed by atoms with Gasteiger partial charge in [-0.1, -0.05) is 0 Å². The molecule has 166 valence electrons. The zero-order valence-corrected chi connectivity index (χ0v) is 18.4. The molecule has 1 aliphatic carbocycles. The fourth-order valence-corrected chi connectivity index (χ4v) is 5.65. The molecule has 2 aliphatic rings. The Balaban J connectivity index is 1.34. The van der Waals surface area contributed by atoms with Crippen molar-refractivity contribution in [3.8, 4) is 0 Å². The van der Waals surface area contributed by atoms with Crippen molar-refractivity contribution in [3.05, 3.63) is 27.1 Å². The third kappa shape index (κ3) is 4.34. The van der Waals surface area contributed by atoms with Crippen molar-refractivity contribution >= 4 is 39.3 Å². The van der Waals surface area contributed by atoms with E-state index in [0.717, 1.165) is 42.5 Å². The summed E-state index contributed by atoms with van der Waals surface area (Å²) in [5.74, 6) is -0.775. The molecule has 1 saturated heterocycles. The third-order valence-corrected chi connectivity index (χ3v) is 7.28. The Bertz CT molecular complexity index is 1080. The number of carbonyl (C=O) groups excluding carboxylic acids is 3. The molecule has 0 spiro atoms. The molecule has 3 heterocycles. The molecule has 1 aliphatic heterocycles. The van der Waals surface area contributed by atoms with Crippen molar-refractivity contribution in [1.29, 1.82) is 0 Å². The highest BCUT2D eigenvalue weighted by Crippen LogP contribution is 2.33. The Morgan fingerprint density at radius 1 is 1.23 bits per heavy atom. The normalized spacial score (nSPS) is 18.1. The SMILES string of the molecule is CNC(=O)C1CCCN1C(=O)CNC(=O)CCn1cnc2sc3c(c2c1=O)CCCC3. The van der Waals surface area contributed by atoms with E-state index in [-0.39, 0.29) is 42.8 Å². The van der Waals surface area contributed by atoms with Gasteiger partial charge in [0.05, 0.1) is 18.3 Å². The first-order valence-corrected chi connectivity index (χ1v) is 11.6. The van der Waals surface area contributed by atoms with Gasteiger partial charge in [-0.25, -0.2) is 4.98 Å². The first kappa shape index (κ1) is 21.5. The van der Waals surface area contributed by atoms with Crippen LogP contribution in [0.15, 0.2) is 11.1 Å². The van der Waals surface area contributed by atoms with Gasteiger partial charge in [-0.05, 0) is 44.1 Å². The summed E-state index contributed by atoms with van der Waals surface area (Å²) in [4.78, 5) is 57.5. The van der Waals surface area contributed by atoms with Crippen molar-refractivity contribution in [2.75, 3.05) is 20.1 Å². The Hall–Kier alpha value is -2.75. The molecular formula is C21H27N5O4S. The van der Waals surface area contributed by atoms with Crippen LogP contribution in [0.3, 0.4) is 0 Å². The van der Waals surface area contributed by atoms with E-state index in [1.54, 1.807) is 18.4 Å².